The molecule has 3 rings (SSSR count). The van der Waals surface area contributed by atoms with E-state index in [9.17, 15) is 8.42 Å². The van der Waals surface area contributed by atoms with E-state index < -0.39 is 21.4 Å². The number of sulfonamides is 1. The third-order valence-electron chi connectivity index (χ3n) is 6.03. The number of allylic oxidation sites excluding steroid dienone is 1. The highest BCUT2D eigenvalue weighted by molar-refractivity contribution is 7.93. The molecule has 0 spiro atoms. The molecular weight excluding hydrogens is 562 g/mol. The van der Waals surface area contributed by atoms with E-state index in [-0.39, 0.29) is 25.0 Å². The molecule has 0 bridgehead atoms. The summed E-state index contributed by atoms with van der Waals surface area (Å²) in [6.07, 6.45) is 3.79. The van der Waals surface area contributed by atoms with Gasteiger partial charge in [-0.25, -0.2) is 18.4 Å². The third kappa shape index (κ3) is 7.57. The number of rotatable bonds is 14. The Labute approximate surface area is 246 Å². The van der Waals surface area contributed by atoms with Gasteiger partial charge in [0.2, 0.25) is 16.0 Å². The minimum absolute atomic E-state index is 0.101. The van der Waals surface area contributed by atoms with Gasteiger partial charge in [-0.3, -0.25) is 14.3 Å². The number of hydrogen-bond acceptors (Lipinski definition) is 10. The molecule has 0 unspecified atom stereocenters. The van der Waals surface area contributed by atoms with E-state index in [1.165, 1.54) is 32.8 Å². The Morgan fingerprint density at radius 1 is 1.12 bits per heavy atom. The quantitative estimate of drug-likeness (QED) is 0.166. The van der Waals surface area contributed by atoms with Crippen molar-refractivity contribution in [1.29, 1.82) is 0 Å². The minimum Gasteiger partial charge on any atom is -0.494 e. The molecule has 14 heteroatoms. The molecule has 0 aliphatic rings. The van der Waals surface area contributed by atoms with Crippen molar-refractivity contribution < 1.29 is 27.4 Å². The summed E-state index contributed by atoms with van der Waals surface area (Å²) in [6, 6.07) is 7.05. The number of methoxy groups -OCH3 is 3. The number of ether oxygens (including phenoxy) is 4. The smallest absolute Gasteiger partial charge is 0.243 e. The molecule has 1 aromatic carbocycles. The van der Waals surface area contributed by atoms with Crippen LogP contribution in [0, 0.1) is 6.92 Å². The average molecular weight is 600 g/mol. The molecule has 0 aliphatic carbocycles. The first-order chi connectivity index (χ1) is 20.1. The summed E-state index contributed by atoms with van der Waals surface area (Å²) in [7, 11) is 0.302. The van der Waals surface area contributed by atoms with Gasteiger partial charge in [0.25, 0.3) is 0 Å². The SMILES string of the molecule is C=N/C(=N\C=C(C)C)[C@H](OCCOC)[C@@H](C)S(=O)(=O)Nc1nnc(-c2cncc(C)c2)n1-c1c(OC)cccc1OC. The van der Waals surface area contributed by atoms with E-state index in [4.69, 9.17) is 18.9 Å². The molecule has 0 aliphatic heterocycles. The first-order valence-electron chi connectivity index (χ1n) is 13.0. The summed E-state index contributed by atoms with van der Waals surface area (Å²) in [4.78, 5) is 12.6. The Hall–Kier alpha value is -4.14. The largest absolute Gasteiger partial charge is 0.494 e. The molecule has 42 heavy (non-hydrogen) atoms. The maximum atomic E-state index is 13.9. The number of amidine groups is 1. The van der Waals surface area contributed by atoms with E-state index in [1.807, 2.05) is 26.8 Å². The molecule has 2 aromatic heterocycles. The number of nitrogens with one attached hydrogen (secondary N) is 1. The zero-order valence-corrected chi connectivity index (χ0v) is 25.7. The lowest BCUT2D eigenvalue weighted by Crippen LogP contribution is -2.42. The number of para-hydroxylation sites is 1. The van der Waals surface area contributed by atoms with Crippen LogP contribution < -0.4 is 14.2 Å². The van der Waals surface area contributed by atoms with Crippen LogP contribution in [-0.2, 0) is 19.5 Å². The first-order valence-corrected chi connectivity index (χ1v) is 14.5. The maximum Gasteiger partial charge on any atom is 0.243 e. The van der Waals surface area contributed by atoms with Crippen LogP contribution in [0.15, 0.2) is 58.4 Å². The van der Waals surface area contributed by atoms with E-state index in [1.54, 1.807) is 36.8 Å². The third-order valence-corrected chi connectivity index (χ3v) is 7.72. The lowest BCUT2D eigenvalue weighted by atomic mass is 10.2. The number of anilines is 1. The van der Waals surface area contributed by atoms with Crippen molar-refractivity contribution in [3.8, 4) is 28.6 Å². The predicted molar refractivity (Wildman–Crippen MR) is 162 cm³/mol. The Morgan fingerprint density at radius 2 is 1.81 bits per heavy atom. The van der Waals surface area contributed by atoms with Gasteiger partial charge in [0.1, 0.15) is 28.5 Å². The van der Waals surface area contributed by atoms with Crippen molar-refractivity contribution in [3.63, 3.8) is 0 Å². The zero-order chi connectivity index (χ0) is 30.9. The molecule has 0 saturated heterocycles. The van der Waals surface area contributed by atoms with Crippen LogP contribution in [-0.4, -0.2) is 86.6 Å². The normalized spacial score (nSPS) is 13.3. The highest BCUT2D eigenvalue weighted by Gasteiger charge is 2.36. The zero-order valence-electron chi connectivity index (χ0n) is 24.9. The van der Waals surface area contributed by atoms with Crippen LogP contribution in [0.2, 0.25) is 0 Å². The lowest BCUT2D eigenvalue weighted by Gasteiger charge is -2.24. The molecule has 0 saturated carbocycles. The van der Waals surface area contributed by atoms with Crippen molar-refractivity contribution in [3.05, 3.63) is 54.0 Å². The van der Waals surface area contributed by atoms with Gasteiger partial charge in [-0.15, -0.1) is 10.2 Å². The van der Waals surface area contributed by atoms with Crippen molar-refractivity contribution in [1.82, 2.24) is 19.7 Å². The van der Waals surface area contributed by atoms with Gasteiger partial charge in [0.15, 0.2) is 11.7 Å². The van der Waals surface area contributed by atoms with Crippen LogP contribution in [0.25, 0.3) is 17.1 Å². The number of aliphatic imine (C=N–C) groups is 2. The highest BCUT2D eigenvalue weighted by Crippen LogP contribution is 2.38. The standard InChI is InChI=1S/C28H37N7O6S/c1-18(2)15-31-26(29-5)25(41-13-12-38-6)20(4)42(36,37)34-28-33-32-27(21-14-19(3)16-30-17-21)35(28)24-22(39-7)10-9-11-23(24)40-8/h9-11,14-17,20,25H,5,12-13H2,1-4,6-8H3,(H,33,34)/b31-26-/t20-,25-/m1/s1. The summed E-state index contributed by atoms with van der Waals surface area (Å²) in [6.45, 7) is 11.0. The van der Waals surface area contributed by atoms with Crippen molar-refractivity contribution in [2.75, 3.05) is 39.3 Å². The second-order valence-electron chi connectivity index (χ2n) is 9.43. The molecular formula is C28H37N7O6S. The number of benzene rings is 1. The van der Waals surface area contributed by atoms with Gasteiger partial charge >= 0.3 is 0 Å². The lowest BCUT2D eigenvalue weighted by molar-refractivity contribution is 0.0474. The van der Waals surface area contributed by atoms with Gasteiger partial charge in [0.05, 0.1) is 27.4 Å². The molecule has 2 heterocycles. The minimum atomic E-state index is -4.22. The van der Waals surface area contributed by atoms with Crippen LogP contribution in [0.5, 0.6) is 11.5 Å². The molecule has 0 amide bonds. The fourth-order valence-corrected chi connectivity index (χ4v) is 5.04. The van der Waals surface area contributed by atoms with E-state index in [0.717, 1.165) is 11.1 Å². The van der Waals surface area contributed by atoms with E-state index in [2.05, 4.69) is 36.6 Å². The summed E-state index contributed by atoms with van der Waals surface area (Å²) in [5, 5.41) is 7.36. The predicted octanol–water partition coefficient (Wildman–Crippen LogP) is 3.84. The van der Waals surface area contributed by atoms with Gasteiger partial charge < -0.3 is 18.9 Å². The topological polar surface area (TPSA) is 151 Å². The fourth-order valence-electron chi connectivity index (χ4n) is 3.94. The Kier molecular flexibility index (Phi) is 11.3. The van der Waals surface area contributed by atoms with Gasteiger partial charge in [-0.2, -0.15) is 0 Å². The van der Waals surface area contributed by atoms with Crippen LogP contribution in [0.4, 0.5) is 5.95 Å². The van der Waals surface area contributed by atoms with E-state index in [0.29, 0.717) is 28.6 Å². The Balaban J connectivity index is 2.17. The summed E-state index contributed by atoms with van der Waals surface area (Å²) >= 11 is 0. The molecule has 0 radical (unpaired) electrons. The molecule has 3 aromatic rings. The molecule has 13 nitrogen and oxygen atoms in total. The summed E-state index contributed by atoms with van der Waals surface area (Å²) in [5.41, 5.74) is 2.75. The van der Waals surface area contributed by atoms with Gasteiger partial charge in [-0.05, 0) is 58.2 Å². The number of nitrogens with zero attached hydrogens (tertiary/aromatic N) is 6. The van der Waals surface area contributed by atoms with Gasteiger partial charge in [0, 0.05) is 31.3 Å². The highest BCUT2D eigenvalue weighted by atomic mass is 32.2. The number of aromatic nitrogens is 4. The average Bonchev–Trinajstić information content (AvgIpc) is 3.37. The van der Waals surface area contributed by atoms with Crippen molar-refractivity contribution >= 4 is 28.5 Å². The Morgan fingerprint density at radius 3 is 2.38 bits per heavy atom. The van der Waals surface area contributed by atoms with E-state index >= 15 is 0 Å². The van der Waals surface area contributed by atoms with Crippen LogP contribution in [0.1, 0.15) is 26.3 Å². The first kappa shape index (κ1) is 32.4. The van der Waals surface area contributed by atoms with Crippen molar-refractivity contribution in [2.45, 2.75) is 39.0 Å². The van der Waals surface area contributed by atoms with Crippen molar-refractivity contribution in [2.24, 2.45) is 9.98 Å². The second-order valence-corrected chi connectivity index (χ2v) is 11.5. The second kappa shape index (κ2) is 14.7. The number of hydrogen-bond donors (Lipinski definition) is 1. The number of pyridine rings is 1. The Bertz CT molecular complexity index is 1530. The molecule has 226 valence electrons. The molecule has 2 atom stereocenters. The maximum absolute atomic E-state index is 13.9. The monoisotopic (exact) mass is 599 g/mol. The summed E-state index contributed by atoms with van der Waals surface area (Å²) in [5.74, 6) is 1.11. The molecule has 1 N–H and O–H groups in total. The van der Waals surface area contributed by atoms with Gasteiger partial charge in [-0.1, -0.05) is 11.6 Å². The summed E-state index contributed by atoms with van der Waals surface area (Å²) < 4.78 is 54.2. The van der Waals surface area contributed by atoms with Crippen LogP contribution in [0.3, 0.4) is 0 Å². The fraction of sp³-hybridized carbons (Fsp3) is 0.393. The molecule has 0 fully saturated rings. The number of aryl methyl sites for hydroxylation is 1. The van der Waals surface area contributed by atoms with Crippen LogP contribution >= 0.6 is 0 Å².